The molecule has 0 nitrogen and oxygen atoms in total. The normalized spacial score (nSPS) is 0. The van der Waals surface area contributed by atoms with Crippen LogP contribution in [0.25, 0.3) is 0 Å². The van der Waals surface area contributed by atoms with Crippen molar-refractivity contribution < 1.29 is 372 Å². The van der Waals surface area contributed by atoms with E-state index >= 15 is 0 Å². The summed E-state index contributed by atoms with van der Waals surface area (Å²) in [5.74, 6) is 0. The topological polar surface area (TPSA) is 0 Å². The Morgan fingerprint density at radius 3 is 0.105 bits per heavy atom. The quantitative estimate of drug-likeness (QED) is 0.300. The molecule has 0 unspecified atom stereocenters. The Morgan fingerprint density at radius 2 is 0.105 bits per heavy atom. The predicted molar refractivity (Wildman–Crippen MR) is 0 cm³/mol. The fourth-order valence-electron chi connectivity index (χ4n) is 0. The van der Waals surface area contributed by atoms with Gasteiger partial charge in [0.25, 0.3) is 0 Å². The van der Waals surface area contributed by atoms with Crippen LogP contribution in [-0.2, 0) is 290 Å². The second-order valence-corrected chi connectivity index (χ2v) is 0. The molecule has 0 bridgehead atoms. The van der Waals surface area contributed by atoms with Gasteiger partial charge in [-0.2, -0.15) is 0 Å². The van der Waals surface area contributed by atoms with E-state index in [2.05, 4.69) is 0 Å². The summed E-state index contributed by atoms with van der Waals surface area (Å²) in [4.78, 5) is 0. The first-order chi connectivity index (χ1) is 0. The van der Waals surface area contributed by atoms with Crippen LogP contribution in [0.1, 0.15) is 0 Å². The zero-order valence-corrected chi connectivity index (χ0v) is 32.2. The summed E-state index contributed by atoms with van der Waals surface area (Å²) >= 11 is 0. The van der Waals surface area contributed by atoms with Crippen LogP contribution in [0.5, 0.6) is 0 Å². The molecular formula is Fe17Nd2. The van der Waals surface area contributed by atoms with Gasteiger partial charge in [0.1, 0.15) is 0 Å². The average molecular weight is 1240 g/mol. The number of rotatable bonds is 0. The molecule has 144 valence electrons. The number of hydrogen-bond donors (Lipinski definition) is 0. The Bertz CT molecular complexity index is 9.22. The zero-order valence-electron chi connectivity index (χ0n) is 7.01. The van der Waals surface area contributed by atoms with Gasteiger partial charge in [0.05, 0.1) is 0 Å². The van der Waals surface area contributed by atoms with Crippen LogP contribution in [-0.4, -0.2) is 0 Å². The van der Waals surface area contributed by atoms with Crippen molar-refractivity contribution in [3.8, 4) is 0 Å². The molecule has 0 atom stereocenters. The summed E-state index contributed by atoms with van der Waals surface area (Å²) in [6.07, 6.45) is 0. The first-order valence-electron chi connectivity index (χ1n) is 0. The van der Waals surface area contributed by atoms with Crippen LogP contribution in [0, 0.1) is 81.7 Å². The first-order valence-corrected chi connectivity index (χ1v) is 0. The van der Waals surface area contributed by atoms with Crippen molar-refractivity contribution in [2.45, 2.75) is 0 Å². The molecule has 0 rings (SSSR count). The molecule has 0 aliphatic heterocycles. The minimum absolute atomic E-state index is 0. The van der Waals surface area contributed by atoms with Crippen molar-refractivity contribution in [3.05, 3.63) is 0 Å². The number of hydrogen-bond acceptors (Lipinski definition) is 0. The van der Waals surface area contributed by atoms with Crippen molar-refractivity contribution >= 4 is 0 Å². The molecule has 0 heterocycles. The van der Waals surface area contributed by atoms with Crippen molar-refractivity contribution in [3.63, 3.8) is 0 Å². The van der Waals surface area contributed by atoms with E-state index in [0.29, 0.717) is 0 Å². The molecule has 0 saturated heterocycles. The third-order valence-electron chi connectivity index (χ3n) is 0. The van der Waals surface area contributed by atoms with Crippen molar-refractivity contribution in [2.75, 3.05) is 0 Å². The van der Waals surface area contributed by atoms with Gasteiger partial charge >= 0.3 is 0 Å². The molecule has 0 aliphatic rings. The second-order valence-electron chi connectivity index (χ2n) is 0. The van der Waals surface area contributed by atoms with Crippen molar-refractivity contribution in [2.24, 2.45) is 0 Å². The first kappa shape index (κ1) is 200. The summed E-state index contributed by atoms with van der Waals surface area (Å²) in [7, 11) is 0. The van der Waals surface area contributed by atoms with E-state index in [1.165, 1.54) is 0 Å². The van der Waals surface area contributed by atoms with E-state index in [1.807, 2.05) is 0 Å². The zero-order chi connectivity index (χ0) is 0. The maximum absolute atomic E-state index is 0. The van der Waals surface area contributed by atoms with E-state index < -0.39 is 0 Å². The van der Waals surface area contributed by atoms with Crippen LogP contribution in [0.3, 0.4) is 0 Å². The SMILES string of the molecule is [Fe].[Fe].[Fe].[Fe].[Fe].[Fe].[Fe].[Fe].[Fe].[Fe].[Fe].[Fe].[Fe].[Fe].[Fe].[Fe].[Fe].[Nd].[Nd]. The molecule has 0 amide bonds. The molecule has 0 aromatic rings. The minimum atomic E-state index is 0. The molecule has 0 fully saturated rings. The molecule has 19 heteroatoms. The van der Waals surface area contributed by atoms with Gasteiger partial charge < -0.3 is 0 Å². The van der Waals surface area contributed by atoms with Gasteiger partial charge in [-0.25, -0.2) is 0 Å². The van der Waals surface area contributed by atoms with Crippen LogP contribution in [0.15, 0.2) is 0 Å². The fourth-order valence-corrected chi connectivity index (χ4v) is 0. The minimum Gasteiger partial charge on any atom is 0 e. The van der Waals surface area contributed by atoms with Crippen LogP contribution >= 0.6 is 0 Å². The van der Waals surface area contributed by atoms with Crippen LogP contribution < -0.4 is 0 Å². The molecule has 0 aromatic carbocycles. The molecule has 0 spiro atoms. The van der Waals surface area contributed by atoms with Gasteiger partial charge in [0.15, 0.2) is 0 Å². The van der Waals surface area contributed by atoms with E-state index in [4.69, 9.17) is 0 Å². The standard InChI is InChI=1S/17Fe.2Nd. The summed E-state index contributed by atoms with van der Waals surface area (Å²) in [6, 6.07) is 0. The van der Waals surface area contributed by atoms with Gasteiger partial charge in [-0.15, -0.1) is 0 Å². The Labute approximate surface area is 362 Å². The maximum atomic E-state index is 0. The van der Waals surface area contributed by atoms with E-state index in [9.17, 15) is 0 Å². The Hall–Kier alpha value is 11.5. The molecule has 0 radical (unpaired) electrons. The monoisotopic (exact) mass is 1230 g/mol. The summed E-state index contributed by atoms with van der Waals surface area (Å²) in [6.45, 7) is 0. The molecular weight excluding hydrogens is 1240 g/mol. The molecule has 0 N–H and O–H groups in total. The summed E-state index contributed by atoms with van der Waals surface area (Å²) in [5.41, 5.74) is 0. The van der Waals surface area contributed by atoms with Gasteiger partial charge in [0, 0.05) is 372 Å². The summed E-state index contributed by atoms with van der Waals surface area (Å²) in [5, 5.41) is 0. The van der Waals surface area contributed by atoms with Gasteiger partial charge in [0.2, 0.25) is 0 Å². The Morgan fingerprint density at radius 1 is 0.105 bits per heavy atom. The third-order valence-corrected chi connectivity index (χ3v) is 0. The van der Waals surface area contributed by atoms with Crippen LogP contribution in [0.2, 0.25) is 0 Å². The van der Waals surface area contributed by atoms with Gasteiger partial charge in [-0.3, -0.25) is 0 Å². The maximum Gasteiger partial charge on any atom is 0 e. The third kappa shape index (κ3) is 168. The Balaban J connectivity index is 0. The summed E-state index contributed by atoms with van der Waals surface area (Å²) < 4.78 is 0. The Kier molecular flexibility index (Phi) is 1910. The van der Waals surface area contributed by atoms with E-state index in [0.717, 1.165) is 0 Å². The van der Waals surface area contributed by atoms with Gasteiger partial charge in [-0.05, 0) is 0 Å². The molecule has 0 aliphatic carbocycles. The van der Waals surface area contributed by atoms with Crippen LogP contribution in [0.4, 0.5) is 0 Å². The molecule has 0 saturated carbocycles. The van der Waals surface area contributed by atoms with Crippen molar-refractivity contribution in [1.82, 2.24) is 0 Å². The average Bonchev–Trinajstić information content (AvgIpc) is 0. The largest absolute Gasteiger partial charge is 0 e. The van der Waals surface area contributed by atoms with E-state index in [-0.39, 0.29) is 372 Å². The molecule has 0 aromatic heterocycles. The fraction of sp³-hybridized carbons (Fsp3) is 0. The predicted octanol–water partition coefficient (Wildman–Crippen LogP) is -0.0425. The van der Waals surface area contributed by atoms with E-state index in [1.54, 1.807) is 0 Å². The molecule has 19 heavy (non-hydrogen) atoms. The second kappa shape index (κ2) is 181. The van der Waals surface area contributed by atoms with Gasteiger partial charge in [-0.1, -0.05) is 0 Å². The smallest absolute Gasteiger partial charge is 0 e. The van der Waals surface area contributed by atoms with Crippen molar-refractivity contribution in [1.29, 1.82) is 0 Å².